The fourth-order valence-electron chi connectivity index (χ4n) is 1.35. The summed E-state index contributed by atoms with van der Waals surface area (Å²) in [4.78, 5) is 0. The van der Waals surface area contributed by atoms with Gasteiger partial charge in [0.05, 0.1) is 5.41 Å². The summed E-state index contributed by atoms with van der Waals surface area (Å²) < 4.78 is 37.1. The van der Waals surface area contributed by atoms with E-state index >= 15 is 0 Å². The van der Waals surface area contributed by atoms with Crippen LogP contribution in [0.2, 0.25) is 0 Å². The van der Waals surface area contributed by atoms with Crippen molar-refractivity contribution < 1.29 is 13.2 Å². The maximum absolute atomic E-state index is 12.4. The molecule has 0 N–H and O–H groups in total. The third-order valence-electron chi connectivity index (χ3n) is 2.63. The minimum Gasteiger partial charge on any atom is -0.171 e. The molecule has 0 saturated carbocycles. The minimum atomic E-state index is -4.04. The topological polar surface area (TPSA) is 0 Å². The highest BCUT2D eigenvalue weighted by molar-refractivity contribution is 4.82. The maximum atomic E-state index is 12.4. The van der Waals surface area contributed by atoms with Crippen LogP contribution in [0.25, 0.3) is 0 Å². The van der Waals surface area contributed by atoms with Gasteiger partial charge >= 0.3 is 6.18 Å². The number of rotatable bonds is 3. The molecule has 0 atom stereocenters. The number of halogens is 3. The van der Waals surface area contributed by atoms with Gasteiger partial charge in [-0.2, -0.15) is 13.2 Å². The van der Waals surface area contributed by atoms with Crippen LogP contribution in [0.15, 0.2) is 0 Å². The molecule has 11 heavy (non-hydrogen) atoms. The number of alkyl halides is 3. The van der Waals surface area contributed by atoms with Gasteiger partial charge in [-0.25, -0.2) is 0 Å². The van der Waals surface area contributed by atoms with Crippen LogP contribution in [-0.4, -0.2) is 6.18 Å². The van der Waals surface area contributed by atoms with Crippen molar-refractivity contribution in [3.63, 3.8) is 0 Å². The van der Waals surface area contributed by atoms with Crippen molar-refractivity contribution in [2.45, 2.75) is 46.2 Å². The second-order valence-corrected chi connectivity index (χ2v) is 2.84. The van der Waals surface area contributed by atoms with E-state index in [0.717, 1.165) is 0 Å². The highest BCUT2D eigenvalue weighted by atomic mass is 19.4. The Bertz CT molecular complexity index is 103. The van der Waals surface area contributed by atoms with E-state index < -0.39 is 11.6 Å². The van der Waals surface area contributed by atoms with Gasteiger partial charge in [0.2, 0.25) is 0 Å². The van der Waals surface area contributed by atoms with Gasteiger partial charge in [0.25, 0.3) is 0 Å². The molecule has 0 bridgehead atoms. The van der Waals surface area contributed by atoms with E-state index in [1.54, 1.807) is 20.8 Å². The number of hydrogen-bond acceptors (Lipinski definition) is 0. The molecule has 0 radical (unpaired) electrons. The average molecular weight is 168 g/mol. The zero-order valence-corrected chi connectivity index (χ0v) is 7.26. The van der Waals surface area contributed by atoms with Gasteiger partial charge in [0, 0.05) is 0 Å². The second-order valence-electron chi connectivity index (χ2n) is 2.84. The molecule has 0 amide bonds. The van der Waals surface area contributed by atoms with Crippen LogP contribution >= 0.6 is 0 Å². The lowest BCUT2D eigenvalue weighted by Crippen LogP contribution is -2.36. The monoisotopic (exact) mass is 168 g/mol. The molecule has 0 aromatic rings. The van der Waals surface area contributed by atoms with Gasteiger partial charge in [-0.05, 0) is 19.3 Å². The first kappa shape index (κ1) is 10.8. The lowest BCUT2D eigenvalue weighted by Gasteiger charge is -2.32. The summed E-state index contributed by atoms with van der Waals surface area (Å²) in [6.45, 7) is 4.79. The molecule has 3 heteroatoms. The predicted molar refractivity (Wildman–Crippen MR) is 39.4 cm³/mol. The van der Waals surface area contributed by atoms with Crippen LogP contribution in [0.4, 0.5) is 13.2 Å². The molecular formula is C8H15F3. The Morgan fingerprint density at radius 3 is 1.09 bits per heavy atom. The van der Waals surface area contributed by atoms with Crippen molar-refractivity contribution in [2.75, 3.05) is 0 Å². The van der Waals surface area contributed by atoms with E-state index in [1.807, 2.05) is 0 Å². The largest absolute Gasteiger partial charge is 0.394 e. The zero-order chi connectivity index (χ0) is 9.12. The van der Waals surface area contributed by atoms with Gasteiger partial charge in [-0.15, -0.1) is 0 Å². The van der Waals surface area contributed by atoms with Gasteiger partial charge in [0.1, 0.15) is 0 Å². The lowest BCUT2D eigenvalue weighted by atomic mass is 9.79. The Balaban J connectivity index is 4.54. The van der Waals surface area contributed by atoms with Crippen LogP contribution in [0, 0.1) is 5.41 Å². The lowest BCUT2D eigenvalue weighted by molar-refractivity contribution is -0.228. The molecule has 0 fully saturated rings. The smallest absolute Gasteiger partial charge is 0.171 e. The first-order valence-electron chi connectivity index (χ1n) is 4.00. The first-order chi connectivity index (χ1) is 4.93. The molecule has 0 rings (SSSR count). The Hall–Kier alpha value is -0.210. The fraction of sp³-hybridized carbons (Fsp3) is 1.00. The van der Waals surface area contributed by atoms with Gasteiger partial charge in [-0.3, -0.25) is 0 Å². The van der Waals surface area contributed by atoms with Crippen LogP contribution in [0.5, 0.6) is 0 Å². The molecule has 0 saturated heterocycles. The average Bonchev–Trinajstić information content (AvgIpc) is 1.90. The normalized spacial score (nSPS) is 13.6. The Kier molecular flexibility index (Phi) is 3.39. The van der Waals surface area contributed by atoms with E-state index in [4.69, 9.17) is 0 Å². The van der Waals surface area contributed by atoms with Crippen molar-refractivity contribution in [1.29, 1.82) is 0 Å². The molecule has 0 unspecified atom stereocenters. The fourth-order valence-corrected chi connectivity index (χ4v) is 1.35. The third-order valence-corrected chi connectivity index (χ3v) is 2.63. The predicted octanol–water partition coefficient (Wildman–Crippen LogP) is 3.77. The molecule has 0 aliphatic carbocycles. The quantitative estimate of drug-likeness (QED) is 0.601. The third kappa shape index (κ3) is 1.88. The van der Waals surface area contributed by atoms with Crippen LogP contribution in [-0.2, 0) is 0 Å². The highest BCUT2D eigenvalue weighted by Crippen LogP contribution is 2.46. The summed E-state index contributed by atoms with van der Waals surface area (Å²) in [5.41, 5.74) is -1.44. The van der Waals surface area contributed by atoms with Crippen LogP contribution < -0.4 is 0 Å². The van der Waals surface area contributed by atoms with E-state index in [9.17, 15) is 13.2 Å². The Morgan fingerprint density at radius 1 is 0.818 bits per heavy atom. The van der Waals surface area contributed by atoms with E-state index in [0.29, 0.717) is 0 Å². The maximum Gasteiger partial charge on any atom is 0.394 e. The highest BCUT2D eigenvalue weighted by Gasteiger charge is 2.50. The molecular weight excluding hydrogens is 153 g/mol. The minimum absolute atomic E-state index is 0.184. The van der Waals surface area contributed by atoms with Crippen molar-refractivity contribution in [2.24, 2.45) is 5.41 Å². The van der Waals surface area contributed by atoms with Crippen molar-refractivity contribution in [3.05, 3.63) is 0 Å². The summed E-state index contributed by atoms with van der Waals surface area (Å²) in [6.07, 6.45) is -3.48. The van der Waals surface area contributed by atoms with Crippen LogP contribution in [0.1, 0.15) is 40.0 Å². The number of hydrogen-bond donors (Lipinski definition) is 0. The summed E-state index contributed by atoms with van der Waals surface area (Å²) >= 11 is 0. The first-order valence-corrected chi connectivity index (χ1v) is 4.00. The van der Waals surface area contributed by atoms with E-state index in [1.165, 1.54) is 0 Å². The molecule has 0 heterocycles. The molecule has 0 aliphatic rings. The molecule has 0 nitrogen and oxygen atoms in total. The summed E-state index contributed by atoms with van der Waals surface area (Å²) in [5, 5.41) is 0. The molecule has 68 valence electrons. The van der Waals surface area contributed by atoms with Gasteiger partial charge < -0.3 is 0 Å². The Labute approximate surface area is 65.8 Å². The van der Waals surface area contributed by atoms with Crippen molar-refractivity contribution in [3.8, 4) is 0 Å². The van der Waals surface area contributed by atoms with Crippen molar-refractivity contribution in [1.82, 2.24) is 0 Å². The van der Waals surface area contributed by atoms with E-state index in [2.05, 4.69) is 0 Å². The Morgan fingerprint density at radius 2 is 1.09 bits per heavy atom. The summed E-state index contributed by atoms with van der Waals surface area (Å²) in [6, 6.07) is 0. The summed E-state index contributed by atoms with van der Waals surface area (Å²) in [7, 11) is 0. The summed E-state index contributed by atoms with van der Waals surface area (Å²) in [5.74, 6) is 0. The van der Waals surface area contributed by atoms with Crippen LogP contribution in [0.3, 0.4) is 0 Å². The van der Waals surface area contributed by atoms with Gasteiger partial charge in [0.15, 0.2) is 0 Å². The molecule has 0 aliphatic heterocycles. The zero-order valence-electron chi connectivity index (χ0n) is 7.26. The van der Waals surface area contributed by atoms with E-state index in [-0.39, 0.29) is 19.3 Å². The molecule has 0 spiro atoms. The molecule has 0 aromatic heterocycles. The SMILES string of the molecule is CCC(CC)(CC)C(F)(F)F. The second kappa shape index (κ2) is 3.46. The standard InChI is InChI=1S/C8H15F3/c1-4-7(5-2,6-3)8(9,10)11/h4-6H2,1-3H3. The molecule has 0 aromatic carbocycles. The van der Waals surface area contributed by atoms with Gasteiger partial charge in [-0.1, -0.05) is 20.8 Å². The van der Waals surface area contributed by atoms with Crippen molar-refractivity contribution >= 4 is 0 Å².